The van der Waals surface area contributed by atoms with Gasteiger partial charge in [0.25, 0.3) is 5.56 Å². The van der Waals surface area contributed by atoms with E-state index in [4.69, 9.17) is 18.9 Å². The number of benzene rings is 2. The van der Waals surface area contributed by atoms with E-state index >= 15 is 0 Å². The van der Waals surface area contributed by atoms with Gasteiger partial charge in [0.15, 0.2) is 11.5 Å². The fourth-order valence-electron chi connectivity index (χ4n) is 2.99. The zero-order valence-electron chi connectivity index (χ0n) is 16.4. The molecule has 2 aromatic carbocycles. The number of H-pyrrole nitrogens is 1. The predicted octanol–water partition coefficient (Wildman–Crippen LogP) is 3.56. The lowest BCUT2D eigenvalue weighted by atomic mass is 10.1. The Morgan fingerprint density at radius 1 is 0.964 bits per heavy atom. The molecule has 0 fully saturated rings. The van der Waals surface area contributed by atoms with Crippen LogP contribution < -0.4 is 29.8 Å². The lowest BCUT2D eigenvalue weighted by Gasteiger charge is -2.15. The Balaban J connectivity index is 1.86. The number of nitrogens with one attached hydrogen (secondary N) is 2. The number of rotatable bonds is 8. The molecule has 3 rings (SSSR count). The van der Waals surface area contributed by atoms with E-state index in [2.05, 4.69) is 10.3 Å². The summed E-state index contributed by atoms with van der Waals surface area (Å²) in [7, 11) is 4.68. The third-order valence-electron chi connectivity index (χ3n) is 4.35. The van der Waals surface area contributed by atoms with Gasteiger partial charge in [-0.3, -0.25) is 4.79 Å². The van der Waals surface area contributed by atoms with Gasteiger partial charge in [-0.1, -0.05) is 0 Å². The number of aromatic amines is 1. The van der Waals surface area contributed by atoms with E-state index in [1.807, 2.05) is 31.2 Å². The number of anilines is 1. The highest BCUT2D eigenvalue weighted by Crippen LogP contribution is 2.40. The van der Waals surface area contributed by atoms with Crippen molar-refractivity contribution in [2.75, 3.05) is 33.3 Å². The Morgan fingerprint density at radius 2 is 1.68 bits per heavy atom. The van der Waals surface area contributed by atoms with Gasteiger partial charge in [0.05, 0.1) is 33.5 Å². The normalized spacial score (nSPS) is 10.6. The van der Waals surface area contributed by atoms with Gasteiger partial charge in [-0.25, -0.2) is 0 Å². The maximum atomic E-state index is 12.5. The van der Waals surface area contributed by atoms with Crippen molar-refractivity contribution < 1.29 is 18.9 Å². The van der Waals surface area contributed by atoms with E-state index in [1.165, 1.54) is 0 Å². The summed E-state index contributed by atoms with van der Waals surface area (Å²) in [5.41, 5.74) is 1.96. The molecule has 7 nitrogen and oxygen atoms in total. The monoisotopic (exact) mass is 384 g/mol. The molecule has 28 heavy (non-hydrogen) atoms. The van der Waals surface area contributed by atoms with Crippen LogP contribution in [0.5, 0.6) is 23.0 Å². The smallest absolute Gasteiger partial charge is 0.253 e. The van der Waals surface area contributed by atoms with Crippen LogP contribution in [-0.2, 0) is 6.54 Å². The number of fused-ring (bicyclic) bond motifs is 1. The first-order valence-electron chi connectivity index (χ1n) is 8.92. The molecule has 0 saturated carbocycles. The molecule has 148 valence electrons. The molecule has 1 heterocycles. The highest BCUT2D eigenvalue weighted by molar-refractivity contribution is 5.80. The molecule has 0 amide bonds. The highest BCUT2D eigenvalue weighted by atomic mass is 16.5. The summed E-state index contributed by atoms with van der Waals surface area (Å²) in [6.07, 6.45) is 0. The summed E-state index contributed by atoms with van der Waals surface area (Å²) in [5, 5.41) is 4.17. The summed E-state index contributed by atoms with van der Waals surface area (Å²) in [5.74, 6) is 2.33. The molecule has 0 spiro atoms. The van der Waals surface area contributed by atoms with Crippen LogP contribution in [0.15, 0.2) is 41.2 Å². The van der Waals surface area contributed by atoms with Crippen LogP contribution in [0.3, 0.4) is 0 Å². The Bertz CT molecular complexity index is 1000. The van der Waals surface area contributed by atoms with E-state index in [1.54, 1.807) is 33.5 Å². The molecule has 7 heteroatoms. The molecule has 0 bridgehead atoms. The summed E-state index contributed by atoms with van der Waals surface area (Å²) in [6.45, 7) is 2.84. The van der Waals surface area contributed by atoms with Gasteiger partial charge in [-0.15, -0.1) is 0 Å². The molecule has 0 radical (unpaired) electrons. The Morgan fingerprint density at radius 3 is 2.29 bits per heavy atom. The predicted molar refractivity (Wildman–Crippen MR) is 109 cm³/mol. The number of methoxy groups -OCH3 is 3. The van der Waals surface area contributed by atoms with Crippen molar-refractivity contribution in [2.45, 2.75) is 13.5 Å². The van der Waals surface area contributed by atoms with E-state index in [9.17, 15) is 4.79 Å². The van der Waals surface area contributed by atoms with Crippen LogP contribution in [0.2, 0.25) is 0 Å². The number of pyridine rings is 1. The Hall–Kier alpha value is -3.35. The van der Waals surface area contributed by atoms with Gasteiger partial charge in [0, 0.05) is 36.0 Å². The molecular formula is C21H24N2O5. The lowest BCUT2D eigenvalue weighted by Crippen LogP contribution is -2.15. The number of hydrogen-bond acceptors (Lipinski definition) is 6. The first-order valence-corrected chi connectivity index (χ1v) is 8.92. The van der Waals surface area contributed by atoms with Crippen LogP contribution in [0.25, 0.3) is 10.9 Å². The van der Waals surface area contributed by atoms with Crippen LogP contribution in [0.4, 0.5) is 5.69 Å². The largest absolute Gasteiger partial charge is 0.494 e. The van der Waals surface area contributed by atoms with Crippen molar-refractivity contribution in [2.24, 2.45) is 0 Å². The zero-order chi connectivity index (χ0) is 20.1. The van der Waals surface area contributed by atoms with Gasteiger partial charge >= 0.3 is 0 Å². The number of hydrogen-bond donors (Lipinski definition) is 2. The maximum absolute atomic E-state index is 12.5. The molecule has 0 unspecified atom stereocenters. The molecule has 0 aliphatic rings. The number of ether oxygens (including phenoxy) is 4. The quantitative estimate of drug-likeness (QED) is 0.618. The van der Waals surface area contributed by atoms with Crippen molar-refractivity contribution in [3.63, 3.8) is 0 Å². The standard InChI is InChI=1S/C21H24N2O5/c1-5-28-16-7-6-13-8-14(21(24)23-17(13)11-16)12-22-15-9-18(25-2)20(27-4)19(10-15)26-3/h6-11,22H,5,12H2,1-4H3,(H,23,24). The Kier molecular flexibility index (Phi) is 5.93. The molecule has 1 aromatic heterocycles. The van der Waals surface area contributed by atoms with E-state index in [-0.39, 0.29) is 5.56 Å². The second-order valence-electron chi connectivity index (χ2n) is 6.07. The van der Waals surface area contributed by atoms with Gasteiger partial charge in [0.1, 0.15) is 5.75 Å². The van der Waals surface area contributed by atoms with Gasteiger partial charge < -0.3 is 29.2 Å². The van der Waals surface area contributed by atoms with E-state index < -0.39 is 0 Å². The zero-order valence-corrected chi connectivity index (χ0v) is 16.4. The lowest BCUT2D eigenvalue weighted by molar-refractivity contribution is 0.324. The minimum Gasteiger partial charge on any atom is -0.494 e. The second kappa shape index (κ2) is 8.56. The van der Waals surface area contributed by atoms with Gasteiger partial charge in [-0.2, -0.15) is 0 Å². The van der Waals surface area contributed by atoms with Crippen LogP contribution in [0, 0.1) is 0 Å². The minimum absolute atomic E-state index is 0.152. The van der Waals surface area contributed by atoms with Crippen LogP contribution in [0.1, 0.15) is 12.5 Å². The van der Waals surface area contributed by atoms with E-state index in [0.29, 0.717) is 36.0 Å². The molecule has 0 aliphatic heterocycles. The third kappa shape index (κ3) is 3.98. The summed E-state index contributed by atoms with van der Waals surface area (Å²) in [4.78, 5) is 15.4. The van der Waals surface area contributed by atoms with Crippen molar-refractivity contribution in [1.29, 1.82) is 0 Å². The van der Waals surface area contributed by atoms with Crippen molar-refractivity contribution in [3.8, 4) is 23.0 Å². The first-order chi connectivity index (χ1) is 13.6. The van der Waals surface area contributed by atoms with Crippen LogP contribution >= 0.6 is 0 Å². The molecule has 3 aromatic rings. The van der Waals surface area contributed by atoms with Gasteiger partial charge in [0.2, 0.25) is 5.75 Å². The molecule has 0 aliphatic carbocycles. The molecule has 0 atom stereocenters. The van der Waals surface area contributed by atoms with E-state index in [0.717, 1.165) is 22.3 Å². The summed E-state index contributed by atoms with van der Waals surface area (Å²) >= 11 is 0. The minimum atomic E-state index is -0.152. The van der Waals surface area contributed by atoms with Crippen LogP contribution in [-0.4, -0.2) is 32.9 Å². The average Bonchev–Trinajstić information content (AvgIpc) is 2.71. The second-order valence-corrected chi connectivity index (χ2v) is 6.07. The molecular weight excluding hydrogens is 360 g/mol. The van der Waals surface area contributed by atoms with Gasteiger partial charge in [-0.05, 0) is 30.5 Å². The molecule has 2 N–H and O–H groups in total. The maximum Gasteiger partial charge on any atom is 0.253 e. The first kappa shape index (κ1) is 19.4. The topological polar surface area (TPSA) is 81.8 Å². The van der Waals surface area contributed by atoms with Crippen molar-refractivity contribution >= 4 is 16.6 Å². The number of aromatic nitrogens is 1. The van der Waals surface area contributed by atoms with Crippen molar-refractivity contribution in [1.82, 2.24) is 4.98 Å². The summed E-state index contributed by atoms with van der Waals surface area (Å²) < 4.78 is 21.5. The Labute approximate surface area is 163 Å². The van der Waals surface area contributed by atoms with Crippen molar-refractivity contribution in [3.05, 3.63) is 52.3 Å². The summed E-state index contributed by atoms with van der Waals surface area (Å²) in [6, 6.07) is 11.1. The third-order valence-corrected chi connectivity index (χ3v) is 4.35. The SMILES string of the molecule is CCOc1ccc2cc(CNc3cc(OC)c(OC)c(OC)c3)c(=O)[nH]c2c1. The highest BCUT2D eigenvalue weighted by Gasteiger charge is 2.13. The average molecular weight is 384 g/mol. The molecule has 0 saturated heterocycles. The fourth-order valence-corrected chi connectivity index (χ4v) is 2.99. The fraction of sp³-hybridized carbons (Fsp3) is 0.286.